The van der Waals surface area contributed by atoms with Gasteiger partial charge in [-0.05, 0) is 0 Å². The first-order valence-electron chi connectivity index (χ1n) is 1.73. The van der Waals surface area contributed by atoms with Crippen molar-refractivity contribution in [3.8, 4) is 0 Å². The third-order valence-electron chi connectivity index (χ3n) is 0. The Hall–Kier alpha value is 1.07. The van der Waals surface area contributed by atoms with Gasteiger partial charge in [0.15, 0.2) is 0 Å². The van der Waals surface area contributed by atoms with Crippen LogP contribution in [0.4, 0.5) is 4.79 Å². The molecule has 0 unspecified atom stereocenters. The molecule has 0 aliphatic rings. The van der Waals surface area contributed by atoms with Crippen molar-refractivity contribution in [1.82, 2.24) is 0 Å². The maximum absolute atomic E-state index is 8.56. The smallest absolute Gasteiger partial charge is 1.00 e. The Kier molecular flexibility index (Phi) is 58.4. The Morgan fingerprint density at radius 1 is 1.13 bits per heavy atom. The van der Waals surface area contributed by atoms with Gasteiger partial charge in [0.1, 0.15) is 0 Å². The molecular weight excluding hydrogens is 299 g/mol. The predicted octanol–water partition coefficient (Wildman–Crippen LogP) is -8.07. The summed E-state index contributed by atoms with van der Waals surface area (Å²) in [4.78, 5) is 24.8. The average molecular weight is 301 g/mol. The maximum atomic E-state index is 8.56. The SMILES string of the molecule is O=C(O)O.O=C=O.O=S(=O)([O-])[O-].[Ca+2].[Cl-].[Na+]. The molecule has 9 nitrogen and oxygen atoms in total. The fraction of sp³-hybridized carbons (Fsp3) is 0. The van der Waals surface area contributed by atoms with Crippen LogP contribution in [0.2, 0.25) is 0 Å². The number of halogens is 1. The first-order chi connectivity index (χ1) is 5.15. The van der Waals surface area contributed by atoms with Gasteiger partial charge in [0, 0.05) is 10.4 Å². The largest absolute Gasteiger partial charge is 2.00 e. The quantitative estimate of drug-likeness (QED) is 0.250. The summed E-state index contributed by atoms with van der Waals surface area (Å²) in [6, 6.07) is 0. The van der Waals surface area contributed by atoms with Gasteiger partial charge in [0.05, 0.1) is 0 Å². The Labute approximate surface area is 143 Å². The molecule has 0 amide bonds. The monoisotopic (exact) mass is 300 g/mol. The normalized spacial score (nSPS) is 6.00. The minimum Gasteiger partial charge on any atom is -1.00 e. The Bertz CT molecular complexity index is 233. The Morgan fingerprint density at radius 3 is 1.13 bits per heavy atom. The van der Waals surface area contributed by atoms with Gasteiger partial charge in [0.25, 0.3) is 0 Å². The number of rotatable bonds is 0. The van der Waals surface area contributed by atoms with Gasteiger partial charge in [0.2, 0.25) is 0 Å². The van der Waals surface area contributed by atoms with Crippen LogP contribution in [-0.2, 0) is 20.0 Å². The molecule has 0 saturated heterocycles. The molecule has 15 heavy (non-hydrogen) atoms. The molecule has 0 aromatic heterocycles. The van der Waals surface area contributed by atoms with Crippen LogP contribution in [0, 0.1) is 0 Å². The van der Waals surface area contributed by atoms with E-state index in [4.69, 9.17) is 42.1 Å². The van der Waals surface area contributed by atoms with Crippen molar-refractivity contribution in [3.63, 3.8) is 0 Å². The van der Waals surface area contributed by atoms with Crippen LogP contribution in [0.15, 0.2) is 0 Å². The van der Waals surface area contributed by atoms with E-state index in [0.717, 1.165) is 0 Å². The Morgan fingerprint density at radius 2 is 1.13 bits per heavy atom. The summed E-state index contributed by atoms with van der Waals surface area (Å²) in [7, 11) is -5.17. The average Bonchev–Trinajstić information content (AvgIpc) is 1.56. The molecular formula is C2H2CaClNaO9S. The van der Waals surface area contributed by atoms with Crippen molar-refractivity contribution in [1.29, 1.82) is 0 Å². The topological polar surface area (TPSA) is 172 Å². The number of hydrogen-bond donors (Lipinski definition) is 2. The van der Waals surface area contributed by atoms with Crippen LogP contribution >= 0.6 is 0 Å². The van der Waals surface area contributed by atoms with E-state index in [9.17, 15) is 0 Å². The zero-order chi connectivity index (χ0) is 10.8. The van der Waals surface area contributed by atoms with E-state index >= 15 is 0 Å². The minimum atomic E-state index is -5.17. The van der Waals surface area contributed by atoms with Crippen molar-refractivity contribution in [2.75, 3.05) is 0 Å². The van der Waals surface area contributed by atoms with Crippen LogP contribution in [0.25, 0.3) is 0 Å². The first kappa shape index (κ1) is 36.0. The van der Waals surface area contributed by atoms with Gasteiger partial charge in [-0.3, -0.25) is 8.42 Å². The van der Waals surface area contributed by atoms with E-state index in [2.05, 4.69) is 0 Å². The van der Waals surface area contributed by atoms with Gasteiger partial charge < -0.3 is 31.7 Å². The van der Waals surface area contributed by atoms with Gasteiger partial charge in [-0.15, -0.1) is 0 Å². The molecule has 0 heterocycles. The van der Waals surface area contributed by atoms with Crippen LogP contribution in [0.3, 0.4) is 0 Å². The van der Waals surface area contributed by atoms with E-state index in [0.29, 0.717) is 0 Å². The van der Waals surface area contributed by atoms with Gasteiger partial charge >= 0.3 is 79.6 Å². The van der Waals surface area contributed by atoms with Gasteiger partial charge in [-0.25, -0.2) is 4.79 Å². The van der Waals surface area contributed by atoms with Crippen molar-refractivity contribution >= 4 is 60.4 Å². The molecule has 0 aromatic rings. The predicted molar refractivity (Wildman–Crippen MR) is 31.9 cm³/mol. The van der Waals surface area contributed by atoms with Gasteiger partial charge in [-0.2, -0.15) is 9.59 Å². The van der Waals surface area contributed by atoms with Crippen molar-refractivity contribution in [2.24, 2.45) is 0 Å². The summed E-state index contributed by atoms with van der Waals surface area (Å²) < 4.78 is 34.1. The molecule has 0 spiro atoms. The zero-order valence-electron chi connectivity index (χ0n) is 7.25. The molecule has 0 rings (SSSR count). The third-order valence-corrected chi connectivity index (χ3v) is 0. The molecule has 0 radical (unpaired) electrons. The molecule has 13 heteroatoms. The summed E-state index contributed by atoms with van der Waals surface area (Å²) in [5.74, 6) is 0. The molecule has 0 bridgehead atoms. The molecule has 0 aromatic carbocycles. The molecule has 80 valence electrons. The number of carbonyl (C=O) groups is 1. The van der Waals surface area contributed by atoms with Crippen LogP contribution < -0.4 is 42.0 Å². The number of carboxylic acid groups (broad SMARTS) is 2. The van der Waals surface area contributed by atoms with Crippen molar-refractivity contribution in [2.45, 2.75) is 0 Å². The molecule has 0 fully saturated rings. The minimum absolute atomic E-state index is 0. The second-order valence-electron chi connectivity index (χ2n) is 0.774. The zero-order valence-corrected chi connectivity index (χ0v) is 13.0. The standard InChI is InChI=1S/CH2O3.CO2.Ca.ClH.Na.H2O4S/c2-1(3)4;2-1-3;;;;1-5(2,3)4/h(H2,2,3,4);;;1H;;(H2,1,2,3,4)/q;;+2;;+1;/p-3. The van der Waals surface area contributed by atoms with Gasteiger partial charge in [-0.1, -0.05) is 0 Å². The number of hydrogen-bond acceptors (Lipinski definition) is 7. The summed E-state index contributed by atoms with van der Waals surface area (Å²) >= 11 is 0. The fourth-order valence-electron chi connectivity index (χ4n) is 0. The molecule has 0 aliphatic carbocycles. The van der Waals surface area contributed by atoms with Crippen molar-refractivity contribution in [3.05, 3.63) is 0 Å². The summed E-state index contributed by atoms with van der Waals surface area (Å²) in [6.45, 7) is 0. The van der Waals surface area contributed by atoms with Crippen LogP contribution in [-0.4, -0.2) is 77.8 Å². The first-order valence-corrected chi connectivity index (χ1v) is 3.06. The second-order valence-corrected chi connectivity index (χ2v) is 1.59. The van der Waals surface area contributed by atoms with Crippen LogP contribution in [0.5, 0.6) is 0 Å². The Balaban J connectivity index is -0.0000000189. The van der Waals surface area contributed by atoms with Crippen LogP contribution in [0.1, 0.15) is 0 Å². The molecule has 0 saturated carbocycles. The fourth-order valence-corrected chi connectivity index (χ4v) is 0. The third kappa shape index (κ3) is 2250. The second kappa shape index (κ2) is 24.3. The maximum Gasteiger partial charge on any atom is 2.00 e. The number of carbonyl (C=O) groups excluding carboxylic acids is 2. The van der Waals surface area contributed by atoms with E-state index < -0.39 is 16.6 Å². The van der Waals surface area contributed by atoms with E-state index in [1.165, 1.54) is 0 Å². The molecule has 0 aliphatic heterocycles. The summed E-state index contributed by atoms with van der Waals surface area (Å²) in [5, 5.41) is 13.9. The van der Waals surface area contributed by atoms with E-state index in [-0.39, 0.29) is 85.9 Å². The summed E-state index contributed by atoms with van der Waals surface area (Å²) in [6.07, 6.45) is -1.58. The molecule has 0 atom stereocenters. The van der Waals surface area contributed by atoms with Crippen molar-refractivity contribution < 1.29 is 84.1 Å². The molecule has 2 N–H and O–H groups in total. The van der Waals surface area contributed by atoms with E-state index in [1.807, 2.05) is 0 Å². The summed E-state index contributed by atoms with van der Waals surface area (Å²) in [5.41, 5.74) is 0. The van der Waals surface area contributed by atoms with E-state index in [1.54, 1.807) is 0 Å².